The van der Waals surface area contributed by atoms with Crippen molar-refractivity contribution in [1.29, 1.82) is 0 Å². The molecule has 0 saturated heterocycles. The number of hydrogen-bond acceptors (Lipinski definition) is 2. The van der Waals surface area contributed by atoms with Gasteiger partial charge in [0, 0.05) is 17.1 Å². The van der Waals surface area contributed by atoms with E-state index in [0.29, 0.717) is 0 Å². The fourth-order valence-electron chi connectivity index (χ4n) is 1.31. The second-order valence-electron chi connectivity index (χ2n) is 3.87. The molecule has 0 radical (unpaired) electrons. The van der Waals surface area contributed by atoms with Gasteiger partial charge in [-0.25, -0.2) is 0 Å². The van der Waals surface area contributed by atoms with Gasteiger partial charge in [0.2, 0.25) is 0 Å². The van der Waals surface area contributed by atoms with E-state index < -0.39 is 0 Å². The van der Waals surface area contributed by atoms with Crippen molar-refractivity contribution in [3.63, 3.8) is 0 Å². The molecule has 0 unspecified atom stereocenters. The molecule has 1 aromatic rings. The third kappa shape index (κ3) is 4.10. The molecule has 0 bridgehead atoms. The Morgan fingerprint density at radius 2 is 2.07 bits per heavy atom. The minimum absolute atomic E-state index is 0.735. The van der Waals surface area contributed by atoms with Crippen molar-refractivity contribution in [3.8, 4) is 5.75 Å². The average molecular weight is 228 g/mol. The van der Waals surface area contributed by atoms with Crippen LogP contribution < -0.4 is 4.74 Å². The van der Waals surface area contributed by atoms with Gasteiger partial charge < -0.3 is 9.64 Å². The van der Waals surface area contributed by atoms with Gasteiger partial charge in [-0.3, -0.25) is 0 Å². The van der Waals surface area contributed by atoms with Gasteiger partial charge in [0.1, 0.15) is 5.75 Å². The standard InChI is InChI=1S/C12H18ClNO/c1-10-11(13)6-4-7-12(10)15-9-5-8-14(2)3/h4,6-7H,5,8-9H2,1-3H3. The highest BCUT2D eigenvalue weighted by Crippen LogP contribution is 2.24. The van der Waals surface area contributed by atoms with E-state index in [4.69, 9.17) is 16.3 Å². The highest BCUT2D eigenvalue weighted by Gasteiger charge is 2.02. The lowest BCUT2D eigenvalue weighted by Gasteiger charge is -2.12. The van der Waals surface area contributed by atoms with Crippen LogP contribution in [0, 0.1) is 6.92 Å². The predicted octanol–water partition coefficient (Wildman–Crippen LogP) is 2.98. The summed E-state index contributed by atoms with van der Waals surface area (Å²) in [5, 5.41) is 0.764. The molecule has 0 saturated carbocycles. The first-order valence-electron chi connectivity index (χ1n) is 5.14. The molecule has 84 valence electrons. The Kier molecular flexibility index (Phi) is 4.92. The average Bonchev–Trinajstić information content (AvgIpc) is 2.18. The molecule has 0 heterocycles. The van der Waals surface area contributed by atoms with Crippen molar-refractivity contribution in [2.75, 3.05) is 27.2 Å². The van der Waals surface area contributed by atoms with Gasteiger partial charge in [-0.15, -0.1) is 0 Å². The molecule has 0 aromatic heterocycles. The predicted molar refractivity (Wildman–Crippen MR) is 64.9 cm³/mol. The lowest BCUT2D eigenvalue weighted by atomic mass is 10.2. The van der Waals surface area contributed by atoms with Crippen molar-refractivity contribution < 1.29 is 4.74 Å². The Hall–Kier alpha value is -0.730. The lowest BCUT2D eigenvalue weighted by molar-refractivity contribution is 0.280. The maximum atomic E-state index is 5.99. The van der Waals surface area contributed by atoms with E-state index in [1.54, 1.807) is 0 Å². The third-order valence-electron chi connectivity index (χ3n) is 2.23. The fourth-order valence-corrected chi connectivity index (χ4v) is 1.47. The van der Waals surface area contributed by atoms with Crippen LogP contribution in [0.15, 0.2) is 18.2 Å². The minimum atomic E-state index is 0.735. The number of nitrogens with zero attached hydrogens (tertiary/aromatic N) is 1. The van der Waals surface area contributed by atoms with Gasteiger partial charge in [-0.2, -0.15) is 0 Å². The van der Waals surface area contributed by atoms with E-state index in [9.17, 15) is 0 Å². The van der Waals surface area contributed by atoms with Crippen molar-refractivity contribution in [2.24, 2.45) is 0 Å². The summed E-state index contributed by atoms with van der Waals surface area (Å²) in [7, 11) is 4.12. The summed E-state index contributed by atoms with van der Waals surface area (Å²) in [6.07, 6.45) is 1.03. The molecule has 0 aliphatic carbocycles. The summed E-state index contributed by atoms with van der Waals surface area (Å²) in [6.45, 7) is 3.75. The molecule has 0 fully saturated rings. The van der Waals surface area contributed by atoms with E-state index in [-0.39, 0.29) is 0 Å². The summed E-state index contributed by atoms with van der Waals surface area (Å²) in [4.78, 5) is 2.15. The van der Waals surface area contributed by atoms with Crippen LogP contribution >= 0.6 is 11.6 Å². The first-order valence-corrected chi connectivity index (χ1v) is 5.51. The van der Waals surface area contributed by atoms with Crippen molar-refractivity contribution in [1.82, 2.24) is 4.90 Å². The number of ether oxygens (including phenoxy) is 1. The topological polar surface area (TPSA) is 12.5 Å². The zero-order valence-electron chi connectivity index (χ0n) is 9.59. The van der Waals surface area contributed by atoms with E-state index in [2.05, 4.69) is 19.0 Å². The quantitative estimate of drug-likeness (QED) is 0.718. The molecule has 0 N–H and O–H groups in total. The molecule has 0 amide bonds. The zero-order chi connectivity index (χ0) is 11.3. The number of benzene rings is 1. The fraction of sp³-hybridized carbons (Fsp3) is 0.500. The second-order valence-corrected chi connectivity index (χ2v) is 4.28. The molecular formula is C12H18ClNO. The van der Waals surface area contributed by atoms with Gasteiger partial charge in [0.05, 0.1) is 6.61 Å². The third-order valence-corrected chi connectivity index (χ3v) is 2.63. The highest BCUT2D eigenvalue weighted by molar-refractivity contribution is 6.31. The van der Waals surface area contributed by atoms with Gasteiger partial charge in [-0.1, -0.05) is 17.7 Å². The van der Waals surface area contributed by atoms with Gasteiger partial charge >= 0.3 is 0 Å². The van der Waals surface area contributed by atoms with Crippen LogP contribution in [-0.2, 0) is 0 Å². The molecule has 0 atom stereocenters. The van der Waals surface area contributed by atoms with Crippen LogP contribution in [0.4, 0.5) is 0 Å². The van der Waals surface area contributed by atoms with E-state index in [0.717, 1.165) is 35.9 Å². The largest absolute Gasteiger partial charge is 0.493 e. The number of halogens is 1. The van der Waals surface area contributed by atoms with Gasteiger partial charge in [0.15, 0.2) is 0 Å². The molecule has 1 aromatic carbocycles. The SMILES string of the molecule is Cc1c(Cl)cccc1OCCCN(C)C. The number of rotatable bonds is 5. The Labute approximate surface area is 96.8 Å². The number of hydrogen-bond donors (Lipinski definition) is 0. The summed E-state index contributed by atoms with van der Waals surface area (Å²) in [6, 6.07) is 5.75. The molecule has 0 aliphatic rings. The summed E-state index contributed by atoms with van der Waals surface area (Å²) in [5.74, 6) is 0.890. The maximum Gasteiger partial charge on any atom is 0.123 e. The van der Waals surface area contributed by atoms with E-state index >= 15 is 0 Å². The maximum absolute atomic E-state index is 5.99. The van der Waals surface area contributed by atoms with Crippen molar-refractivity contribution in [2.45, 2.75) is 13.3 Å². The Morgan fingerprint density at radius 3 is 2.73 bits per heavy atom. The van der Waals surface area contributed by atoms with E-state index in [1.807, 2.05) is 25.1 Å². The van der Waals surface area contributed by atoms with Crippen LogP contribution in [-0.4, -0.2) is 32.1 Å². The second kappa shape index (κ2) is 5.99. The zero-order valence-corrected chi connectivity index (χ0v) is 10.3. The summed E-state index contributed by atoms with van der Waals surface area (Å²) < 4.78 is 5.66. The molecular weight excluding hydrogens is 210 g/mol. The van der Waals surface area contributed by atoms with Crippen LogP contribution in [0.25, 0.3) is 0 Å². The molecule has 2 nitrogen and oxygen atoms in total. The Morgan fingerprint density at radius 1 is 1.33 bits per heavy atom. The van der Waals surface area contributed by atoms with Crippen molar-refractivity contribution >= 4 is 11.6 Å². The van der Waals surface area contributed by atoms with Crippen LogP contribution in [0.3, 0.4) is 0 Å². The molecule has 3 heteroatoms. The van der Waals surface area contributed by atoms with Crippen LogP contribution in [0.2, 0.25) is 5.02 Å². The normalized spacial score (nSPS) is 10.7. The monoisotopic (exact) mass is 227 g/mol. The van der Waals surface area contributed by atoms with Crippen molar-refractivity contribution in [3.05, 3.63) is 28.8 Å². The molecule has 0 spiro atoms. The molecule has 1 rings (SSSR count). The molecule has 15 heavy (non-hydrogen) atoms. The van der Waals surface area contributed by atoms with E-state index in [1.165, 1.54) is 0 Å². The Balaban J connectivity index is 2.41. The van der Waals surface area contributed by atoms with Gasteiger partial charge in [-0.05, 0) is 39.6 Å². The first kappa shape index (κ1) is 12.3. The van der Waals surface area contributed by atoms with Crippen LogP contribution in [0.5, 0.6) is 5.75 Å². The van der Waals surface area contributed by atoms with Gasteiger partial charge in [0.25, 0.3) is 0 Å². The minimum Gasteiger partial charge on any atom is -0.493 e. The first-order chi connectivity index (χ1) is 7.11. The summed E-state index contributed by atoms with van der Waals surface area (Å²) >= 11 is 5.99. The lowest BCUT2D eigenvalue weighted by Crippen LogP contribution is -2.15. The Bertz CT molecular complexity index is 312. The highest BCUT2D eigenvalue weighted by atomic mass is 35.5. The smallest absolute Gasteiger partial charge is 0.123 e. The summed E-state index contributed by atoms with van der Waals surface area (Å²) in [5.41, 5.74) is 1.02. The molecule has 0 aliphatic heterocycles. The van der Waals surface area contributed by atoms with Crippen LogP contribution in [0.1, 0.15) is 12.0 Å².